The topological polar surface area (TPSA) is 50.5 Å². The first-order chi connectivity index (χ1) is 7.33. The number of nitrogens with one attached hydrogen (secondary N) is 1. The maximum atomic E-state index is 5.50. The van der Waals surface area contributed by atoms with Crippen molar-refractivity contribution < 1.29 is 4.74 Å². The van der Waals surface area contributed by atoms with Gasteiger partial charge in [-0.1, -0.05) is 6.92 Å². The van der Waals surface area contributed by atoms with E-state index in [1.54, 1.807) is 0 Å². The first-order valence-electron chi connectivity index (χ1n) is 6.04. The summed E-state index contributed by atoms with van der Waals surface area (Å²) >= 11 is 0. The van der Waals surface area contributed by atoms with Gasteiger partial charge < -0.3 is 15.8 Å². The van der Waals surface area contributed by atoms with Crippen LogP contribution in [0.3, 0.4) is 0 Å². The zero-order chi connectivity index (χ0) is 10.9. The van der Waals surface area contributed by atoms with E-state index in [-0.39, 0.29) is 0 Å². The van der Waals surface area contributed by atoms with Crippen LogP contribution in [0.5, 0.6) is 0 Å². The third-order valence-corrected chi connectivity index (χ3v) is 2.86. The van der Waals surface area contributed by atoms with Crippen LogP contribution in [0.15, 0.2) is 0 Å². The first kappa shape index (κ1) is 12.9. The fraction of sp³-hybridized carbons (Fsp3) is 1.00. The molecule has 0 saturated carbocycles. The molecule has 1 fully saturated rings. The second-order valence-corrected chi connectivity index (χ2v) is 4.34. The Labute approximate surface area is 93.1 Å². The number of ether oxygens (including phenoxy) is 1. The summed E-state index contributed by atoms with van der Waals surface area (Å²) in [5.74, 6) is 0.694. The van der Waals surface area contributed by atoms with Gasteiger partial charge in [-0.15, -0.1) is 0 Å². The number of morpholine rings is 1. The van der Waals surface area contributed by atoms with Gasteiger partial charge in [0.05, 0.1) is 13.2 Å². The Kier molecular flexibility index (Phi) is 6.92. The molecule has 3 N–H and O–H groups in total. The number of nitrogens with zero attached hydrogens (tertiary/aromatic N) is 1. The zero-order valence-electron chi connectivity index (χ0n) is 9.87. The minimum atomic E-state index is 0.694. The second-order valence-electron chi connectivity index (χ2n) is 4.34. The number of rotatable bonds is 7. The summed E-state index contributed by atoms with van der Waals surface area (Å²) in [5.41, 5.74) is 5.50. The van der Waals surface area contributed by atoms with Gasteiger partial charge >= 0.3 is 0 Å². The summed E-state index contributed by atoms with van der Waals surface area (Å²) in [6.45, 7) is 10.3. The van der Waals surface area contributed by atoms with Gasteiger partial charge in [-0.25, -0.2) is 0 Å². The van der Waals surface area contributed by atoms with E-state index in [9.17, 15) is 0 Å². The molecule has 4 heteroatoms. The minimum Gasteiger partial charge on any atom is -0.379 e. The molecule has 0 aliphatic carbocycles. The molecule has 1 saturated heterocycles. The molecule has 0 aromatic rings. The highest BCUT2D eigenvalue weighted by atomic mass is 16.5. The Bertz CT molecular complexity index is 149. The van der Waals surface area contributed by atoms with Crippen LogP contribution in [0.1, 0.15) is 13.3 Å². The van der Waals surface area contributed by atoms with Crippen LogP contribution in [-0.4, -0.2) is 57.4 Å². The average Bonchev–Trinajstić information content (AvgIpc) is 2.26. The van der Waals surface area contributed by atoms with Crippen molar-refractivity contribution in [2.45, 2.75) is 13.3 Å². The van der Waals surface area contributed by atoms with Gasteiger partial charge in [-0.2, -0.15) is 0 Å². The van der Waals surface area contributed by atoms with E-state index in [0.29, 0.717) is 5.92 Å². The van der Waals surface area contributed by atoms with Gasteiger partial charge in [0.25, 0.3) is 0 Å². The third kappa shape index (κ3) is 6.10. The lowest BCUT2D eigenvalue weighted by Crippen LogP contribution is -2.40. The molecule has 1 rings (SSSR count). The number of hydrogen-bond acceptors (Lipinski definition) is 4. The van der Waals surface area contributed by atoms with Crippen LogP contribution in [0.4, 0.5) is 0 Å². The van der Waals surface area contributed by atoms with Crippen LogP contribution >= 0.6 is 0 Å². The summed E-state index contributed by atoms with van der Waals surface area (Å²) in [6.07, 6.45) is 1.12. The van der Waals surface area contributed by atoms with E-state index >= 15 is 0 Å². The lowest BCUT2D eigenvalue weighted by molar-refractivity contribution is 0.0383. The van der Waals surface area contributed by atoms with Gasteiger partial charge in [0.2, 0.25) is 0 Å². The lowest BCUT2D eigenvalue weighted by atomic mass is 10.1. The van der Waals surface area contributed by atoms with Crippen molar-refractivity contribution in [3.8, 4) is 0 Å². The Hall–Kier alpha value is -0.160. The van der Waals surface area contributed by atoms with Crippen LogP contribution in [0.2, 0.25) is 0 Å². The molecule has 90 valence electrons. The van der Waals surface area contributed by atoms with Crippen LogP contribution in [0, 0.1) is 5.92 Å². The molecule has 1 unspecified atom stereocenters. The standard InChI is InChI=1S/C11H25N3O/c1-11(2-3-12)10-13-4-5-14-6-8-15-9-7-14/h11,13H,2-10,12H2,1H3. The Morgan fingerprint density at radius 2 is 2.13 bits per heavy atom. The minimum absolute atomic E-state index is 0.694. The normalized spacial score (nSPS) is 20.4. The summed E-state index contributed by atoms with van der Waals surface area (Å²) in [6, 6.07) is 0. The van der Waals surface area contributed by atoms with E-state index in [4.69, 9.17) is 10.5 Å². The van der Waals surface area contributed by atoms with E-state index < -0.39 is 0 Å². The summed E-state index contributed by atoms with van der Waals surface area (Å²) in [7, 11) is 0. The van der Waals surface area contributed by atoms with E-state index in [1.165, 1.54) is 0 Å². The molecule has 1 heterocycles. The van der Waals surface area contributed by atoms with Gasteiger partial charge in [0.1, 0.15) is 0 Å². The van der Waals surface area contributed by atoms with E-state index in [2.05, 4.69) is 17.1 Å². The van der Waals surface area contributed by atoms with Gasteiger partial charge in [-0.05, 0) is 25.4 Å². The summed E-state index contributed by atoms with van der Waals surface area (Å²) < 4.78 is 5.30. The van der Waals surface area contributed by atoms with Crippen LogP contribution in [0.25, 0.3) is 0 Å². The van der Waals surface area contributed by atoms with Crippen molar-refractivity contribution in [1.29, 1.82) is 0 Å². The highest BCUT2D eigenvalue weighted by molar-refractivity contribution is 4.64. The Balaban J connectivity index is 1.91. The molecule has 0 amide bonds. The molecule has 0 spiro atoms. The Morgan fingerprint density at radius 3 is 2.80 bits per heavy atom. The second kappa shape index (κ2) is 8.05. The summed E-state index contributed by atoms with van der Waals surface area (Å²) in [5, 5.41) is 3.48. The Morgan fingerprint density at radius 1 is 1.40 bits per heavy atom. The molecular formula is C11H25N3O. The highest BCUT2D eigenvalue weighted by Crippen LogP contribution is 1.97. The van der Waals surface area contributed by atoms with Crippen LogP contribution in [-0.2, 0) is 4.74 Å². The smallest absolute Gasteiger partial charge is 0.0594 e. The third-order valence-electron chi connectivity index (χ3n) is 2.86. The molecule has 1 aliphatic rings. The molecule has 1 aliphatic heterocycles. The molecule has 0 radical (unpaired) electrons. The molecule has 0 aromatic carbocycles. The molecule has 1 atom stereocenters. The van der Waals surface area contributed by atoms with Crippen molar-refractivity contribution >= 4 is 0 Å². The average molecular weight is 215 g/mol. The van der Waals surface area contributed by atoms with Crippen molar-refractivity contribution in [2.75, 3.05) is 52.5 Å². The van der Waals surface area contributed by atoms with Gasteiger partial charge in [0, 0.05) is 26.2 Å². The highest BCUT2D eigenvalue weighted by Gasteiger charge is 2.09. The molecule has 4 nitrogen and oxygen atoms in total. The number of nitrogens with two attached hydrogens (primary N) is 1. The molecule has 15 heavy (non-hydrogen) atoms. The lowest BCUT2D eigenvalue weighted by Gasteiger charge is -2.26. The van der Waals surface area contributed by atoms with Crippen molar-refractivity contribution in [3.05, 3.63) is 0 Å². The largest absolute Gasteiger partial charge is 0.379 e. The fourth-order valence-corrected chi connectivity index (χ4v) is 1.80. The number of hydrogen-bond donors (Lipinski definition) is 2. The SMILES string of the molecule is CC(CCN)CNCCN1CCOCC1. The first-order valence-corrected chi connectivity index (χ1v) is 6.04. The predicted octanol–water partition coefficient (Wildman–Crippen LogP) is -0.107. The zero-order valence-corrected chi connectivity index (χ0v) is 9.87. The quantitative estimate of drug-likeness (QED) is 0.582. The molecule has 0 aromatic heterocycles. The summed E-state index contributed by atoms with van der Waals surface area (Å²) in [4.78, 5) is 2.45. The molecular weight excluding hydrogens is 190 g/mol. The monoisotopic (exact) mass is 215 g/mol. The maximum Gasteiger partial charge on any atom is 0.0594 e. The van der Waals surface area contributed by atoms with Crippen molar-refractivity contribution in [2.24, 2.45) is 11.7 Å². The van der Waals surface area contributed by atoms with Crippen molar-refractivity contribution in [3.63, 3.8) is 0 Å². The van der Waals surface area contributed by atoms with Gasteiger partial charge in [-0.3, -0.25) is 4.90 Å². The molecule has 0 bridgehead atoms. The maximum absolute atomic E-state index is 5.50. The van der Waals surface area contributed by atoms with E-state index in [1.807, 2.05) is 0 Å². The van der Waals surface area contributed by atoms with Crippen molar-refractivity contribution in [1.82, 2.24) is 10.2 Å². The fourth-order valence-electron chi connectivity index (χ4n) is 1.80. The van der Waals surface area contributed by atoms with E-state index in [0.717, 1.165) is 58.9 Å². The predicted molar refractivity (Wildman–Crippen MR) is 63.0 cm³/mol. The van der Waals surface area contributed by atoms with Crippen LogP contribution < -0.4 is 11.1 Å². The van der Waals surface area contributed by atoms with Gasteiger partial charge in [0.15, 0.2) is 0 Å².